The van der Waals surface area contributed by atoms with Gasteiger partial charge in [0.2, 0.25) is 0 Å². The lowest BCUT2D eigenvalue weighted by Crippen LogP contribution is -2.27. The van der Waals surface area contributed by atoms with E-state index in [9.17, 15) is 18.8 Å². The number of aromatic nitrogens is 2. The molecule has 1 aromatic heterocycles. The number of nitrogens with zero attached hydrogens (tertiary/aromatic N) is 2. The summed E-state index contributed by atoms with van der Waals surface area (Å²) in [6.45, 7) is 8.37. The fourth-order valence-corrected chi connectivity index (χ4v) is 4.88. The molecule has 1 N–H and O–H groups in total. The Bertz CT molecular complexity index is 1560. The lowest BCUT2D eigenvalue weighted by molar-refractivity contribution is 0.0948. The number of carbonyl (C=O) groups excluding carboxylic acids is 2. The molecule has 6 nitrogen and oxygen atoms in total. The van der Waals surface area contributed by atoms with Crippen molar-refractivity contribution in [2.45, 2.75) is 32.9 Å². The lowest BCUT2D eigenvalue weighted by Gasteiger charge is -2.14. The number of fused-ring (bicyclic) bond motifs is 1. The molecule has 1 heterocycles. The third-order valence-corrected chi connectivity index (χ3v) is 6.79. The van der Waals surface area contributed by atoms with Crippen molar-refractivity contribution in [2.24, 2.45) is 5.92 Å². The zero-order chi connectivity index (χ0) is 26.7. The van der Waals surface area contributed by atoms with Gasteiger partial charge in [-0.05, 0) is 61.7 Å². The van der Waals surface area contributed by atoms with Gasteiger partial charge in [0.25, 0.3) is 11.5 Å². The maximum absolute atomic E-state index is 14.1. The molecule has 0 aliphatic heterocycles. The zero-order valence-corrected chi connectivity index (χ0v) is 22.0. The third-order valence-electron chi connectivity index (χ3n) is 5.85. The van der Waals surface area contributed by atoms with Gasteiger partial charge in [0, 0.05) is 17.7 Å². The number of amides is 1. The van der Waals surface area contributed by atoms with Gasteiger partial charge in [-0.2, -0.15) is 0 Å². The van der Waals surface area contributed by atoms with Crippen LogP contribution in [0.2, 0.25) is 0 Å². The Labute approximate surface area is 218 Å². The van der Waals surface area contributed by atoms with Crippen molar-refractivity contribution in [3.05, 3.63) is 99.1 Å². The number of benzene rings is 3. The van der Waals surface area contributed by atoms with E-state index in [0.717, 1.165) is 22.9 Å². The first-order chi connectivity index (χ1) is 17.6. The summed E-state index contributed by atoms with van der Waals surface area (Å²) in [4.78, 5) is 43.8. The molecule has 0 radical (unpaired) electrons. The second-order valence-corrected chi connectivity index (χ2v) is 10.3. The first-order valence-corrected chi connectivity index (χ1v) is 13.0. The van der Waals surface area contributed by atoms with Crippen LogP contribution >= 0.6 is 11.8 Å². The summed E-state index contributed by atoms with van der Waals surface area (Å²) in [5, 5.41) is 3.39. The summed E-state index contributed by atoms with van der Waals surface area (Å²) in [6, 6.07) is 16.0. The molecule has 8 heteroatoms. The van der Waals surface area contributed by atoms with E-state index in [2.05, 4.69) is 10.3 Å². The number of nitrogens with one attached hydrogen (secondary N) is 1. The van der Waals surface area contributed by atoms with E-state index in [1.807, 2.05) is 39.8 Å². The van der Waals surface area contributed by atoms with E-state index in [-0.39, 0.29) is 28.0 Å². The molecular weight excluding hydrogens is 489 g/mol. The quantitative estimate of drug-likeness (QED) is 0.190. The van der Waals surface area contributed by atoms with Crippen molar-refractivity contribution in [2.75, 3.05) is 12.3 Å². The van der Waals surface area contributed by atoms with Gasteiger partial charge >= 0.3 is 0 Å². The van der Waals surface area contributed by atoms with E-state index in [0.29, 0.717) is 34.8 Å². The highest BCUT2D eigenvalue weighted by molar-refractivity contribution is 7.99. The number of carbonyl (C=O) groups is 2. The minimum Gasteiger partial charge on any atom is -0.352 e. The fraction of sp³-hybridized carbons (Fsp3) is 0.241. The molecule has 0 unspecified atom stereocenters. The standard InChI is InChI=1S/C29H28FN3O3S/c1-17(2)15-31-27(35)20-9-11-24-25(13-20)32-29(33(28(24)36)22-7-5-6-21(30)14-22)37-16-26(34)23-10-8-18(3)12-19(23)4/h5-14,17H,15-16H2,1-4H3,(H,31,35). The molecule has 0 spiro atoms. The minimum absolute atomic E-state index is 0.0335. The van der Waals surface area contributed by atoms with Crippen LogP contribution in [0, 0.1) is 25.6 Å². The van der Waals surface area contributed by atoms with Gasteiger partial charge in [-0.25, -0.2) is 9.37 Å². The smallest absolute Gasteiger partial charge is 0.266 e. The topological polar surface area (TPSA) is 81.1 Å². The van der Waals surface area contributed by atoms with Crippen molar-refractivity contribution in [1.82, 2.24) is 14.9 Å². The molecule has 0 saturated heterocycles. The minimum atomic E-state index is -0.496. The van der Waals surface area contributed by atoms with Crippen molar-refractivity contribution >= 4 is 34.4 Å². The largest absolute Gasteiger partial charge is 0.352 e. The van der Waals surface area contributed by atoms with Gasteiger partial charge in [-0.1, -0.05) is 55.4 Å². The lowest BCUT2D eigenvalue weighted by atomic mass is 10.0. The van der Waals surface area contributed by atoms with Gasteiger partial charge < -0.3 is 5.32 Å². The number of hydrogen-bond acceptors (Lipinski definition) is 5. The van der Waals surface area contributed by atoms with E-state index in [1.54, 1.807) is 30.3 Å². The van der Waals surface area contributed by atoms with Crippen LogP contribution in [0.1, 0.15) is 45.7 Å². The second-order valence-electron chi connectivity index (χ2n) is 9.38. The van der Waals surface area contributed by atoms with Crippen LogP contribution in [-0.4, -0.2) is 33.5 Å². The van der Waals surface area contributed by atoms with Crippen LogP contribution in [0.5, 0.6) is 0 Å². The number of rotatable bonds is 8. The molecule has 1 amide bonds. The average molecular weight is 518 g/mol. The molecule has 190 valence electrons. The number of hydrogen-bond donors (Lipinski definition) is 1. The Balaban J connectivity index is 1.76. The Hall–Kier alpha value is -3.78. The first kappa shape index (κ1) is 26.3. The average Bonchev–Trinajstić information content (AvgIpc) is 2.85. The molecular formula is C29H28FN3O3S. The molecule has 0 aliphatic carbocycles. The molecule has 0 bridgehead atoms. The Kier molecular flexibility index (Phi) is 7.88. The van der Waals surface area contributed by atoms with Crippen molar-refractivity contribution in [1.29, 1.82) is 0 Å². The number of aryl methyl sites for hydroxylation is 2. The van der Waals surface area contributed by atoms with Crippen LogP contribution in [0.3, 0.4) is 0 Å². The van der Waals surface area contributed by atoms with Crippen LogP contribution < -0.4 is 10.9 Å². The Morgan fingerprint density at radius 2 is 1.84 bits per heavy atom. The summed E-state index contributed by atoms with van der Waals surface area (Å²) >= 11 is 1.10. The summed E-state index contributed by atoms with van der Waals surface area (Å²) in [5.74, 6) is -0.538. The molecule has 0 saturated carbocycles. The van der Waals surface area contributed by atoms with Gasteiger partial charge in [0.05, 0.1) is 22.3 Å². The molecule has 0 fully saturated rings. The monoisotopic (exact) mass is 517 g/mol. The zero-order valence-electron chi connectivity index (χ0n) is 21.2. The van der Waals surface area contributed by atoms with Gasteiger partial charge in [0.1, 0.15) is 5.82 Å². The van der Waals surface area contributed by atoms with Gasteiger partial charge in [-0.3, -0.25) is 19.0 Å². The normalized spacial score (nSPS) is 11.2. The van der Waals surface area contributed by atoms with Crippen LogP contribution in [0.25, 0.3) is 16.6 Å². The van der Waals surface area contributed by atoms with Gasteiger partial charge in [-0.15, -0.1) is 0 Å². The Morgan fingerprint density at radius 1 is 1.05 bits per heavy atom. The summed E-state index contributed by atoms with van der Waals surface area (Å²) in [7, 11) is 0. The predicted molar refractivity (Wildman–Crippen MR) is 145 cm³/mol. The van der Waals surface area contributed by atoms with Gasteiger partial charge in [0.15, 0.2) is 10.9 Å². The highest BCUT2D eigenvalue weighted by Crippen LogP contribution is 2.24. The van der Waals surface area contributed by atoms with Crippen LogP contribution in [0.4, 0.5) is 4.39 Å². The summed E-state index contributed by atoms with van der Waals surface area (Å²) in [6.07, 6.45) is 0. The number of ketones is 1. The number of thioether (sulfide) groups is 1. The molecule has 0 atom stereocenters. The molecule has 3 aromatic carbocycles. The molecule has 0 aliphatic rings. The SMILES string of the molecule is Cc1ccc(C(=O)CSc2nc3cc(C(=O)NCC(C)C)ccc3c(=O)n2-c2cccc(F)c2)c(C)c1. The van der Waals surface area contributed by atoms with Crippen molar-refractivity contribution in [3.8, 4) is 5.69 Å². The summed E-state index contributed by atoms with van der Waals surface area (Å²) < 4.78 is 15.4. The molecule has 4 rings (SSSR count). The highest BCUT2D eigenvalue weighted by Gasteiger charge is 2.18. The maximum Gasteiger partial charge on any atom is 0.266 e. The second kappa shape index (κ2) is 11.1. The third kappa shape index (κ3) is 5.97. The van der Waals surface area contributed by atoms with E-state index >= 15 is 0 Å². The predicted octanol–water partition coefficient (Wildman–Crippen LogP) is 5.50. The highest BCUT2D eigenvalue weighted by atomic mass is 32.2. The number of halogens is 1. The van der Waals surface area contributed by atoms with E-state index in [1.165, 1.54) is 22.8 Å². The van der Waals surface area contributed by atoms with E-state index in [4.69, 9.17) is 0 Å². The summed E-state index contributed by atoms with van der Waals surface area (Å²) in [5.41, 5.74) is 3.14. The van der Waals surface area contributed by atoms with Crippen LogP contribution in [-0.2, 0) is 0 Å². The Morgan fingerprint density at radius 3 is 2.54 bits per heavy atom. The maximum atomic E-state index is 14.1. The fourth-order valence-electron chi connectivity index (χ4n) is 3.98. The molecule has 37 heavy (non-hydrogen) atoms. The van der Waals surface area contributed by atoms with Crippen molar-refractivity contribution < 1.29 is 14.0 Å². The van der Waals surface area contributed by atoms with E-state index < -0.39 is 11.4 Å². The van der Waals surface area contributed by atoms with Crippen LogP contribution in [0.15, 0.2) is 70.6 Å². The van der Waals surface area contributed by atoms with Crippen molar-refractivity contribution in [3.63, 3.8) is 0 Å². The molecule has 4 aromatic rings. The first-order valence-electron chi connectivity index (χ1n) is 12.0. The number of Topliss-reactive ketones (excluding diaryl/α,β-unsaturated/α-hetero) is 1.